The molecule has 0 saturated carbocycles. The zero-order valence-electron chi connectivity index (χ0n) is 22.4. The molecule has 1 rings (SSSR count). The van der Waals surface area contributed by atoms with Gasteiger partial charge in [-0.25, -0.2) is 0 Å². The molecule has 0 unspecified atom stereocenters. The number of carbonyl (C=O) groups is 1. The van der Waals surface area contributed by atoms with Gasteiger partial charge in [0, 0.05) is 4.47 Å². The van der Waals surface area contributed by atoms with Gasteiger partial charge in [-0.05, 0) is 101 Å². The monoisotopic (exact) mass is 518 g/mol. The zero-order chi connectivity index (χ0) is 25.6. The predicted octanol–water partition coefficient (Wildman–Crippen LogP) is 9.79. The number of hydrogen-bond acceptors (Lipinski definition) is 2. The molecule has 0 amide bonds. The highest BCUT2D eigenvalue weighted by Crippen LogP contribution is 2.21. The lowest BCUT2D eigenvalue weighted by molar-refractivity contribution is -0.112. The van der Waals surface area contributed by atoms with Crippen LogP contribution < -0.4 is 0 Å². The van der Waals surface area contributed by atoms with E-state index in [2.05, 4.69) is 100 Å². The van der Waals surface area contributed by atoms with Gasteiger partial charge >= 0.3 is 0 Å². The van der Waals surface area contributed by atoms with E-state index in [0.717, 1.165) is 31.6 Å². The summed E-state index contributed by atoms with van der Waals surface area (Å²) in [7, 11) is 0. The van der Waals surface area contributed by atoms with E-state index in [0.29, 0.717) is 0 Å². The Morgan fingerprint density at radius 3 is 2.18 bits per heavy atom. The maximum atomic E-state index is 9.69. The maximum Gasteiger partial charge on any atom is 0.152 e. The first kappa shape index (κ1) is 33.3. The first-order chi connectivity index (χ1) is 15.7. The Balaban J connectivity index is 0. The van der Waals surface area contributed by atoms with Crippen molar-refractivity contribution in [2.45, 2.75) is 93.9 Å². The second kappa shape index (κ2) is 21.9. The summed E-state index contributed by atoms with van der Waals surface area (Å²) in [5.41, 5.74) is 5.59. The number of rotatable bonds is 11. The van der Waals surface area contributed by atoms with Crippen molar-refractivity contribution in [1.29, 1.82) is 0 Å². The molecule has 186 valence electrons. The number of benzene rings is 1. The van der Waals surface area contributed by atoms with Gasteiger partial charge in [0.15, 0.2) is 5.78 Å². The summed E-state index contributed by atoms with van der Waals surface area (Å²) in [5.74, 6) is 1.01. The average molecular weight is 520 g/mol. The summed E-state index contributed by atoms with van der Waals surface area (Å²) >= 11 is 3.52. The minimum absolute atomic E-state index is 0.0185. The molecule has 0 aliphatic heterocycles. The number of ketones is 1. The first-order valence-electron chi connectivity index (χ1n) is 12.2. The lowest BCUT2D eigenvalue weighted by atomic mass is 10.0. The van der Waals surface area contributed by atoms with Crippen LogP contribution in [0, 0.1) is 13.8 Å². The third-order valence-electron chi connectivity index (χ3n) is 4.80. The third kappa shape index (κ3) is 19.3. The maximum absolute atomic E-state index is 9.69. The second-order valence-corrected chi connectivity index (χ2v) is 8.85. The van der Waals surface area contributed by atoms with Crippen LogP contribution >= 0.6 is 15.9 Å². The van der Waals surface area contributed by atoms with Gasteiger partial charge in [-0.15, -0.1) is 0 Å². The molecule has 1 aromatic carbocycles. The molecule has 0 fully saturated rings. The summed E-state index contributed by atoms with van der Waals surface area (Å²) in [6, 6.07) is 4.44. The normalized spacial score (nSPS) is 11.3. The van der Waals surface area contributed by atoms with Gasteiger partial charge in [-0.3, -0.25) is 4.79 Å². The van der Waals surface area contributed by atoms with Crippen LogP contribution in [0.2, 0.25) is 0 Å². The van der Waals surface area contributed by atoms with Gasteiger partial charge in [-0.1, -0.05) is 79.9 Å². The fourth-order valence-corrected chi connectivity index (χ4v) is 3.11. The fraction of sp³-hybridized carbons (Fsp3) is 0.500. The largest absolute Gasteiger partial charge is 0.494 e. The van der Waals surface area contributed by atoms with E-state index < -0.39 is 0 Å². The Labute approximate surface area is 213 Å². The smallest absolute Gasteiger partial charge is 0.152 e. The van der Waals surface area contributed by atoms with E-state index in [1.165, 1.54) is 59.0 Å². The SMILES string of the molecule is C=CC(C)=O.CCC/C=C(/C=C\C=C(/C)CCCC)OCC.CCc1cc(Br)c(C)cc1C. The summed E-state index contributed by atoms with van der Waals surface area (Å²) in [5, 5.41) is 0. The number of carbonyl (C=O) groups excluding carboxylic acids is 1. The molecular formula is C30H47BrO2. The molecule has 0 atom stereocenters. The van der Waals surface area contributed by atoms with Crippen LogP contribution in [0.1, 0.15) is 90.3 Å². The lowest BCUT2D eigenvalue weighted by Crippen LogP contribution is -1.88. The minimum Gasteiger partial charge on any atom is -0.494 e. The molecule has 33 heavy (non-hydrogen) atoms. The summed E-state index contributed by atoms with van der Waals surface area (Å²) < 4.78 is 6.77. The van der Waals surface area contributed by atoms with Gasteiger partial charge in [-0.2, -0.15) is 0 Å². The number of hydrogen-bond donors (Lipinski definition) is 0. The Hall–Kier alpha value is -1.87. The topological polar surface area (TPSA) is 26.3 Å². The Bertz CT molecular complexity index is 770. The van der Waals surface area contributed by atoms with Crippen molar-refractivity contribution in [3.8, 4) is 0 Å². The van der Waals surface area contributed by atoms with Crippen molar-refractivity contribution in [1.82, 2.24) is 0 Å². The number of unbranched alkanes of at least 4 members (excludes halogenated alkanes) is 2. The minimum atomic E-state index is 0.0185. The highest BCUT2D eigenvalue weighted by Gasteiger charge is 1.99. The van der Waals surface area contributed by atoms with E-state index in [1.807, 2.05) is 6.92 Å². The van der Waals surface area contributed by atoms with Gasteiger partial charge < -0.3 is 4.74 Å². The molecule has 0 aliphatic rings. The van der Waals surface area contributed by atoms with Gasteiger partial charge in [0.25, 0.3) is 0 Å². The van der Waals surface area contributed by atoms with Gasteiger partial charge in [0.2, 0.25) is 0 Å². The van der Waals surface area contributed by atoms with Crippen LogP contribution in [0.15, 0.2) is 64.9 Å². The molecule has 1 aromatic rings. The predicted molar refractivity (Wildman–Crippen MR) is 151 cm³/mol. The molecule has 0 aromatic heterocycles. The molecule has 0 bridgehead atoms. The lowest BCUT2D eigenvalue weighted by Gasteiger charge is -2.05. The molecule has 0 heterocycles. The van der Waals surface area contributed by atoms with Gasteiger partial charge in [0.1, 0.15) is 5.76 Å². The third-order valence-corrected chi connectivity index (χ3v) is 5.65. The molecular weight excluding hydrogens is 472 g/mol. The van der Waals surface area contributed by atoms with E-state index in [-0.39, 0.29) is 5.78 Å². The standard InChI is InChI=1S/C16H28O.C10H13Br.C4H6O/c1-5-8-11-15(4)12-10-14-16(17-7-3)13-9-6-2;1-4-9-6-10(11)8(3)5-7(9)2;1-3-4(2)5/h10,12-14H,5-9,11H2,1-4H3;5-6H,4H2,1-3H3;3H,1H2,2H3/b14-10-,15-12+,16-13-;;. The summed E-state index contributed by atoms with van der Waals surface area (Å²) in [4.78, 5) is 9.69. The molecule has 0 spiro atoms. The van der Waals surface area contributed by atoms with Crippen molar-refractivity contribution >= 4 is 21.7 Å². The van der Waals surface area contributed by atoms with E-state index in [9.17, 15) is 4.79 Å². The number of halogens is 1. The average Bonchev–Trinajstić information content (AvgIpc) is 2.79. The molecule has 3 heteroatoms. The Morgan fingerprint density at radius 2 is 1.70 bits per heavy atom. The quantitative estimate of drug-likeness (QED) is 0.165. The van der Waals surface area contributed by atoms with Crippen LogP contribution in [0.25, 0.3) is 0 Å². The van der Waals surface area contributed by atoms with Gasteiger partial charge in [0.05, 0.1) is 6.61 Å². The number of aryl methyl sites for hydroxylation is 3. The Kier molecular flexibility index (Phi) is 22.2. The molecule has 0 radical (unpaired) electrons. The Morgan fingerprint density at radius 1 is 1.06 bits per heavy atom. The molecule has 0 saturated heterocycles. The van der Waals surface area contributed by atoms with Crippen LogP contribution in [-0.2, 0) is 16.0 Å². The van der Waals surface area contributed by atoms with E-state index in [1.54, 1.807) is 0 Å². The first-order valence-corrected chi connectivity index (χ1v) is 13.0. The molecule has 0 aliphatic carbocycles. The molecule has 0 N–H and O–H groups in total. The van der Waals surface area contributed by atoms with Crippen LogP contribution in [0.3, 0.4) is 0 Å². The summed E-state index contributed by atoms with van der Waals surface area (Å²) in [6.45, 7) is 20.5. The summed E-state index contributed by atoms with van der Waals surface area (Å²) in [6.07, 6.45) is 16.9. The van der Waals surface area contributed by atoms with Crippen LogP contribution in [0.5, 0.6) is 0 Å². The van der Waals surface area contributed by atoms with Crippen molar-refractivity contribution < 1.29 is 9.53 Å². The van der Waals surface area contributed by atoms with E-state index >= 15 is 0 Å². The van der Waals surface area contributed by atoms with E-state index in [4.69, 9.17) is 4.74 Å². The van der Waals surface area contributed by atoms with Crippen molar-refractivity contribution in [2.24, 2.45) is 0 Å². The highest BCUT2D eigenvalue weighted by molar-refractivity contribution is 9.10. The van der Waals surface area contributed by atoms with Crippen LogP contribution in [-0.4, -0.2) is 12.4 Å². The fourth-order valence-electron chi connectivity index (χ4n) is 2.72. The number of allylic oxidation sites excluding steroid dienone is 6. The second-order valence-electron chi connectivity index (χ2n) is 8.00. The van der Waals surface area contributed by atoms with Crippen molar-refractivity contribution in [2.75, 3.05) is 6.61 Å². The van der Waals surface area contributed by atoms with Crippen LogP contribution in [0.4, 0.5) is 0 Å². The van der Waals surface area contributed by atoms with Crippen molar-refractivity contribution in [3.05, 3.63) is 81.6 Å². The number of ether oxygens (including phenoxy) is 1. The molecule has 2 nitrogen and oxygen atoms in total. The zero-order valence-corrected chi connectivity index (χ0v) is 24.0. The van der Waals surface area contributed by atoms with Crippen molar-refractivity contribution in [3.63, 3.8) is 0 Å². The highest BCUT2D eigenvalue weighted by atomic mass is 79.9.